The molecule has 0 bridgehead atoms. The molecule has 1 rings (SSSR count). The Bertz CT molecular complexity index is 389. The fourth-order valence-corrected chi connectivity index (χ4v) is 1.59. The van der Waals surface area contributed by atoms with E-state index in [0.717, 1.165) is 18.2 Å². The molecule has 0 spiro atoms. The van der Waals surface area contributed by atoms with Crippen LogP contribution in [0.25, 0.3) is 0 Å². The summed E-state index contributed by atoms with van der Waals surface area (Å²) >= 11 is 18.9. The van der Waals surface area contributed by atoms with Gasteiger partial charge in [0.25, 0.3) is 0 Å². The Morgan fingerprint density at radius 3 is 2.06 bits per heavy atom. The van der Waals surface area contributed by atoms with Crippen LogP contribution >= 0.6 is 50.7 Å². The highest BCUT2D eigenvalue weighted by Gasteiger charge is 2.31. The molecule has 1 nitrogen and oxygen atoms in total. The van der Waals surface area contributed by atoms with E-state index in [1.54, 1.807) is 0 Å². The van der Waals surface area contributed by atoms with Crippen molar-refractivity contribution in [2.75, 3.05) is 0 Å². The van der Waals surface area contributed by atoms with Gasteiger partial charge >= 0.3 is 10.2 Å². The van der Waals surface area contributed by atoms with Gasteiger partial charge in [-0.2, -0.15) is 13.2 Å². The number of hydrogen-bond donors (Lipinski definition) is 0. The van der Waals surface area contributed by atoms with Crippen LogP contribution in [0, 0.1) is 0 Å². The quantitative estimate of drug-likeness (QED) is 0.629. The summed E-state index contributed by atoms with van der Waals surface area (Å²) in [7, 11) is 0. The minimum absolute atomic E-state index is 0.00741. The summed E-state index contributed by atoms with van der Waals surface area (Å²) in [6.45, 7) is 0. The SMILES string of the molecule is FC(F)(F)c1ccc(OC(Cl)(Cl)Cl)c(Br)c1. The highest BCUT2D eigenvalue weighted by molar-refractivity contribution is 9.10. The van der Waals surface area contributed by atoms with Crippen molar-refractivity contribution in [1.82, 2.24) is 0 Å². The summed E-state index contributed by atoms with van der Waals surface area (Å²) in [5, 5.41) is 0. The molecule has 0 saturated carbocycles. The van der Waals surface area contributed by atoms with E-state index < -0.39 is 15.7 Å². The molecule has 0 aliphatic heterocycles. The Kier molecular flexibility index (Phi) is 4.27. The molecule has 16 heavy (non-hydrogen) atoms. The van der Waals surface area contributed by atoms with E-state index in [0.29, 0.717) is 0 Å². The first-order valence-electron chi connectivity index (χ1n) is 3.72. The standard InChI is InChI=1S/C8H3BrCl3F3O/c9-5-3-4(7(13,14)15)1-2-6(5)16-8(10,11)12/h1-3H. The van der Waals surface area contributed by atoms with Gasteiger partial charge in [0.15, 0.2) is 0 Å². The Hall–Kier alpha value is 0.160. The van der Waals surface area contributed by atoms with Crippen LogP contribution in [0.15, 0.2) is 22.7 Å². The molecule has 0 radical (unpaired) electrons. The van der Waals surface area contributed by atoms with Crippen molar-refractivity contribution >= 4 is 50.7 Å². The molecule has 0 atom stereocenters. The van der Waals surface area contributed by atoms with Gasteiger partial charge in [-0.1, -0.05) is 0 Å². The molecular formula is C8H3BrCl3F3O. The van der Waals surface area contributed by atoms with Gasteiger partial charge in [-0.25, -0.2) is 0 Å². The smallest absolute Gasteiger partial charge is 0.416 e. The number of ether oxygens (including phenoxy) is 1. The summed E-state index contributed by atoms with van der Waals surface area (Å²) < 4.78 is 39.7. The Balaban J connectivity index is 3.01. The molecule has 0 heterocycles. The average molecular weight is 358 g/mol. The second-order valence-electron chi connectivity index (χ2n) is 2.69. The van der Waals surface area contributed by atoms with E-state index in [2.05, 4.69) is 15.9 Å². The van der Waals surface area contributed by atoms with Crippen LogP contribution in [0.2, 0.25) is 0 Å². The third-order valence-corrected chi connectivity index (χ3v) is 2.34. The normalized spacial score (nSPS) is 12.7. The Morgan fingerprint density at radius 2 is 1.69 bits per heavy atom. The molecule has 1 aromatic carbocycles. The van der Waals surface area contributed by atoms with Crippen molar-refractivity contribution in [3.05, 3.63) is 28.2 Å². The fourth-order valence-electron chi connectivity index (χ4n) is 0.885. The molecule has 0 aromatic heterocycles. The van der Waals surface area contributed by atoms with Crippen molar-refractivity contribution in [3.63, 3.8) is 0 Å². The molecule has 0 fully saturated rings. The van der Waals surface area contributed by atoms with Crippen LogP contribution in [0.1, 0.15) is 5.56 Å². The fraction of sp³-hybridized carbons (Fsp3) is 0.250. The van der Waals surface area contributed by atoms with Crippen molar-refractivity contribution in [1.29, 1.82) is 0 Å². The molecule has 8 heteroatoms. The summed E-state index contributed by atoms with van der Waals surface area (Å²) in [5.41, 5.74) is -0.823. The minimum atomic E-state index is -4.43. The maximum absolute atomic E-state index is 12.3. The molecule has 0 aliphatic rings. The van der Waals surface area contributed by atoms with Crippen LogP contribution < -0.4 is 4.74 Å². The first-order chi connectivity index (χ1) is 7.09. The van der Waals surface area contributed by atoms with Gasteiger partial charge in [0.2, 0.25) is 0 Å². The monoisotopic (exact) mass is 356 g/mol. The largest absolute Gasteiger partial charge is 0.444 e. The van der Waals surface area contributed by atoms with E-state index in [9.17, 15) is 13.2 Å². The molecule has 0 amide bonds. The van der Waals surface area contributed by atoms with Gasteiger partial charge < -0.3 is 4.74 Å². The maximum Gasteiger partial charge on any atom is 0.416 e. The molecule has 0 saturated heterocycles. The van der Waals surface area contributed by atoms with Crippen LogP contribution in [0.5, 0.6) is 5.75 Å². The van der Waals surface area contributed by atoms with Gasteiger partial charge in [-0.05, 0) is 68.9 Å². The van der Waals surface area contributed by atoms with Crippen LogP contribution in [-0.4, -0.2) is 3.98 Å². The summed E-state index contributed by atoms with van der Waals surface area (Å²) in [6.07, 6.45) is -4.43. The molecule has 90 valence electrons. The highest BCUT2D eigenvalue weighted by Crippen LogP contribution is 2.38. The predicted molar refractivity (Wildman–Crippen MR) is 60.1 cm³/mol. The number of alkyl halides is 6. The number of benzene rings is 1. The zero-order valence-corrected chi connectivity index (χ0v) is 11.1. The number of halogens is 7. The zero-order chi connectivity index (χ0) is 12.6. The Morgan fingerprint density at radius 1 is 1.12 bits per heavy atom. The first kappa shape index (κ1) is 14.2. The minimum Gasteiger partial charge on any atom is -0.444 e. The second kappa shape index (κ2) is 4.80. The van der Waals surface area contributed by atoms with E-state index in [1.807, 2.05) is 0 Å². The van der Waals surface area contributed by atoms with Gasteiger partial charge in [0.1, 0.15) is 5.75 Å². The van der Waals surface area contributed by atoms with Crippen LogP contribution in [-0.2, 0) is 6.18 Å². The van der Waals surface area contributed by atoms with Crippen molar-refractivity contribution in [3.8, 4) is 5.75 Å². The topological polar surface area (TPSA) is 9.23 Å². The van der Waals surface area contributed by atoms with Gasteiger partial charge in [-0.15, -0.1) is 0 Å². The summed E-state index contributed by atoms with van der Waals surface area (Å²) in [4.78, 5) is 0. The molecule has 1 aromatic rings. The molecule has 0 aliphatic carbocycles. The van der Waals surface area contributed by atoms with E-state index in [1.165, 1.54) is 0 Å². The van der Waals surface area contributed by atoms with E-state index in [-0.39, 0.29) is 10.2 Å². The van der Waals surface area contributed by atoms with E-state index in [4.69, 9.17) is 39.5 Å². The number of hydrogen-bond acceptors (Lipinski definition) is 1. The van der Waals surface area contributed by atoms with Gasteiger partial charge in [0, 0.05) is 0 Å². The van der Waals surface area contributed by atoms with Crippen molar-refractivity contribution in [2.45, 2.75) is 10.2 Å². The second-order valence-corrected chi connectivity index (χ2v) is 5.72. The summed E-state index contributed by atoms with van der Waals surface area (Å²) in [6, 6.07) is 2.73. The van der Waals surface area contributed by atoms with Crippen molar-refractivity contribution in [2.24, 2.45) is 0 Å². The lowest BCUT2D eigenvalue weighted by molar-refractivity contribution is -0.137. The lowest BCUT2D eigenvalue weighted by Gasteiger charge is -2.16. The Labute approximate surface area is 113 Å². The summed E-state index contributed by atoms with van der Waals surface area (Å²) in [5.74, 6) is 0.00741. The van der Waals surface area contributed by atoms with E-state index >= 15 is 0 Å². The van der Waals surface area contributed by atoms with Crippen LogP contribution in [0.3, 0.4) is 0 Å². The van der Waals surface area contributed by atoms with Crippen molar-refractivity contribution < 1.29 is 17.9 Å². The number of rotatable bonds is 1. The average Bonchev–Trinajstić information content (AvgIpc) is 2.04. The van der Waals surface area contributed by atoms with Crippen LogP contribution in [0.4, 0.5) is 13.2 Å². The molecule has 0 N–H and O–H groups in total. The first-order valence-corrected chi connectivity index (χ1v) is 5.65. The predicted octanol–water partition coefficient (Wildman–Crippen LogP) is 5.17. The zero-order valence-electron chi connectivity index (χ0n) is 7.29. The lowest BCUT2D eigenvalue weighted by Crippen LogP contribution is -2.13. The molecule has 0 unspecified atom stereocenters. The molecular weight excluding hydrogens is 355 g/mol. The third kappa shape index (κ3) is 4.20. The third-order valence-electron chi connectivity index (χ3n) is 1.48. The maximum atomic E-state index is 12.3. The van der Waals surface area contributed by atoms with Gasteiger partial charge in [-0.3, -0.25) is 0 Å². The highest BCUT2D eigenvalue weighted by atomic mass is 79.9. The lowest BCUT2D eigenvalue weighted by atomic mass is 10.2. The van der Waals surface area contributed by atoms with Gasteiger partial charge in [0.05, 0.1) is 10.0 Å².